The van der Waals surface area contributed by atoms with Gasteiger partial charge in [-0.1, -0.05) is 19.1 Å². The molecule has 0 aliphatic carbocycles. The van der Waals surface area contributed by atoms with Crippen LogP contribution in [0, 0.1) is 5.92 Å². The average Bonchev–Trinajstić information content (AvgIpc) is 2.52. The molecule has 1 aromatic rings. The predicted octanol–water partition coefficient (Wildman–Crippen LogP) is 1.07. The van der Waals surface area contributed by atoms with Gasteiger partial charge in [0, 0.05) is 18.7 Å². The molecule has 4 nitrogen and oxygen atoms in total. The Morgan fingerprint density at radius 1 is 1.62 bits per heavy atom. The standard InChI is InChI=1S/C9H15N3O/c1-4-12-6-8(10-11-12)5-9(13)7(2)3/h6-7H,4-5H2,1-3H3. The highest BCUT2D eigenvalue weighted by Crippen LogP contribution is 2.02. The summed E-state index contributed by atoms with van der Waals surface area (Å²) in [5.41, 5.74) is 0.764. The van der Waals surface area contributed by atoms with Gasteiger partial charge in [-0.3, -0.25) is 9.48 Å². The normalized spacial score (nSPS) is 10.8. The lowest BCUT2D eigenvalue weighted by molar-refractivity contribution is -0.121. The van der Waals surface area contributed by atoms with Gasteiger partial charge >= 0.3 is 0 Å². The molecule has 1 rings (SSSR count). The number of ketones is 1. The van der Waals surface area contributed by atoms with E-state index in [9.17, 15) is 4.79 Å². The lowest BCUT2D eigenvalue weighted by Gasteiger charge is -1.99. The zero-order chi connectivity index (χ0) is 9.84. The smallest absolute Gasteiger partial charge is 0.141 e. The molecule has 0 N–H and O–H groups in total. The number of hydrogen-bond acceptors (Lipinski definition) is 3. The van der Waals surface area contributed by atoms with Gasteiger partial charge in [0.05, 0.1) is 12.1 Å². The highest BCUT2D eigenvalue weighted by molar-refractivity contribution is 5.82. The minimum Gasteiger partial charge on any atom is -0.299 e. The first-order chi connectivity index (χ1) is 6.13. The zero-order valence-corrected chi connectivity index (χ0v) is 8.32. The van der Waals surface area contributed by atoms with Gasteiger partial charge in [-0.25, -0.2) is 0 Å². The summed E-state index contributed by atoms with van der Waals surface area (Å²) >= 11 is 0. The van der Waals surface area contributed by atoms with Crippen LogP contribution in [0.25, 0.3) is 0 Å². The second kappa shape index (κ2) is 4.16. The maximum Gasteiger partial charge on any atom is 0.141 e. The van der Waals surface area contributed by atoms with E-state index in [1.165, 1.54) is 0 Å². The highest BCUT2D eigenvalue weighted by atomic mass is 16.1. The van der Waals surface area contributed by atoms with Gasteiger partial charge in [-0.05, 0) is 6.92 Å². The molecule has 0 saturated heterocycles. The van der Waals surface area contributed by atoms with E-state index in [2.05, 4.69) is 10.3 Å². The van der Waals surface area contributed by atoms with E-state index < -0.39 is 0 Å². The molecule has 0 atom stereocenters. The summed E-state index contributed by atoms with van der Waals surface area (Å²) in [5.74, 6) is 0.287. The van der Waals surface area contributed by atoms with Crippen LogP contribution < -0.4 is 0 Å². The van der Waals surface area contributed by atoms with Crippen LogP contribution in [0.2, 0.25) is 0 Å². The number of nitrogens with zero attached hydrogens (tertiary/aromatic N) is 3. The van der Waals surface area contributed by atoms with Crippen molar-refractivity contribution in [1.29, 1.82) is 0 Å². The first-order valence-electron chi connectivity index (χ1n) is 4.55. The van der Waals surface area contributed by atoms with Crippen LogP contribution in [0.1, 0.15) is 26.5 Å². The monoisotopic (exact) mass is 181 g/mol. The molecule has 0 aliphatic rings. The molecular weight excluding hydrogens is 166 g/mol. The fourth-order valence-electron chi connectivity index (χ4n) is 0.957. The quantitative estimate of drug-likeness (QED) is 0.698. The first kappa shape index (κ1) is 9.89. The largest absolute Gasteiger partial charge is 0.299 e. The minimum absolute atomic E-state index is 0.0757. The van der Waals surface area contributed by atoms with E-state index in [1.807, 2.05) is 27.0 Å². The molecule has 0 amide bonds. The third-order valence-corrected chi connectivity index (χ3v) is 1.91. The Balaban J connectivity index is 2.59. The maximum absolute atomic E-state index is 11.3. The van der Waals surface area contributed by atoms with E-state index in [-0.39, 0.29) is 11.7 Å². The molecule has 72 valence electrons. The third-order valence-electron chi connectivity index (χ3n) is 1.91. The van der Waals surface area contributed by atoms with E-state index in [0.717, 1.165) is 12.2 Å². The van der Waals surface area contributed by atoms with Crippen molar-refractivity contribution in [3.63, 3.8) is 0 Å². The molecule has 1 heterocycles. The fourth-order valence-corrected chi connectivity index (χ4v) is 0.957. The minimum atomic E-state index is 0.0757. The van der Waals surface area contributed by atoms with Gasteiger partial charge in [-0.15, -0.1) is 5.10 Å². The molecule has 0 radical (unpaired) electrons. The van der Waals surface area contributed by atoms with Crippen LogP contribution in [0.5, 0.6) is 0 Å². The van der Waals surface area contributed by atoms with Gasteiger partial charge in [-0.2, -0.15) is 0 Å². The SMILES string of the molecule is CCn1cc(CC(=O)C(C)C)nn1. The zero-order valence-electron chi connectivity index (χ0n) is 8.32. The molecule has 13 heavy (non-hydrogen) atoms. The molecule has 0 fully saturated rings. The average molecular weight is 181 g/mol. The Labute approximate surface area is 77.9 Å². The Kier molecular flexibility index (Phi) is 3.17. The lowest BCUT2D eigenvalue weighted by atomic mass is 10.1. The molecule has 4 heteroatoms. The molecule has 0 saturated carbocycles. The molecular formula is C9H15N3O. The maximum atomic E-state index is 11.3. The molecule has 1 aromatic heterocycles. The summed E-state index contributed by atoms with van der Waals surface area (Å²) < 4.78 is 1.73. The van der Waals surface area contributed by atoms with Crippen LogP contribution in [-0.4, -0.2) is 20.8 Å². The van der Waals surface area contributed by atoms with Crippen LogP contribution in [0.3, 0.4) is 0 Å². The van der Waals surface area contributed by atoms with Crippen LogP contribution in [-0.2, 0) is 17.8 Å². The Hall–Kier alpha value is -1.19. The number of aryl methyl sites for hydroxylation is 1. The van der Waals surface area contributed by atoms with E-state index >= 15 is 0 Å². The van der Waals surface area contributed by atoms with Crippen molar-refractivity contribution in [2.75, 3.05) is 0 Å². The molecule has 0 unspecified atom stereocenters. The third kappa shape index (κ3) is 2.65. The Bertz CT molecular complexity index is 291. The number of aromatic nitrogens is 3. The topological polar surface area (TPSA) is 47.8 Å². The van der Waals surface area contributed by atoms with Gasteiger partial charge in [0.25, 0.3) is 0 Å². The first-order valence-corrected chi connectivity index (χ1v) is 4.55. The van der Waals surface area contributed by atoms with Crippen LogP contribution in [0.4, 0.5) is 0 Å². The number of rotatable bonds is 4. The van der Waals surface area contributed by atoms with Gasteiger partial charge in [0.15, 0.2) is 0 Å². The number of carbonyl (C=O) groups excluding carboxylic acids is 1. The molecule has 0 aliphatic heterocycles. The number of carbonyl (C=O) groups is 1. The van der Waals surface area contributed by atoms with E-state index in [4.69, 9.17) is 0 Å². The highest BCUT2D eigenvalue weighted by Gasteiger charge is 2.10. The summed E-state index contributed by atoms with van der Waals surface area (Å²) in [7, 11) is 0. The second-order valence-electron chi connectivity index (χ2n) is 3.36. The van der Waals surface area contributed by atoms with Gasteiger partial charge < -0.3 is 0 Å². The van der Waals surface area contributed by atoms with Crippen molar-refractivity contribution >= 4 is 5.78 Å². The van der Waals surface area contributed by atoms with Gasteiger partial charge in [0.2, 0.25) is 0 Å². The molecule has 0 bridgehead atoms. The summed E-state index contributed by atoms with van der Waals surface area (Å²) in [6, 6.07) is 0. The van der Waals surface area contributed by atoms with Crippen molar-refractivity contribution < 1.29 is 4.79 Å². The Morgan fingerprint density at radius 3 is 2.77 bits per heavy atom. The van der Waals surface area contributed by atoms with E-state index in [1.54, 1.807) is 4.68 Å². The van der Waals surface area contributed by atoms with Gasteiger partial charge in [0.1, 0.15) is 5.78 Å². The van der Waals surface area contributed by atoms with Crippen molar-refractivity contribution in [2.24, 2.45) is 5.92 Å². The van der Waals surface area contributed by atoms with Crippen molar-refractivity contribution in [3.8, 4) is 0 Å². The summed E-state index contributed by atoms with van der Waals surface area (Å²) in [6.45, 7) is 6.57. The van der Waals surface area contributed by atoms with Crippen molar-refractivity contribution in [1.82, 2.24) is 15.0 Å². The van der Waals surface area contributed by atoms with Crippen LogP contribution in [0.15, 0.2) is 6.20 Å². The number of Topliss-reactive ketones (excluding diaryl/α,β-unsaturated/α-hetero) is 1. The second-order valence-corrected chi connectivity index (χ2v) is 3.36. The summed E-state index contributed by atoms with van der Waals surface area (Å²) in [6.07, 6.45) is 2.22. The summed E-state index contributed by atoms with van der Waals surface area (Å²) in [4.78, 5) is 11.3. The summed E-state index contributed by atoms with van der Waals surface area (Å²) in [5, 5.41) is 7.76. The van der Waals surface area contributed by atoms with Crippen molar-refractivity contribution in [2.45, 2.75) is 33.7 Å². The van der Waals surface area contributed by atoms with Crippen LogP contribution >= 0.6 is 0 Å². The van der Waals surface area contributed by atoms with E-state index in [0.29, 0.717) is 6.42 Å². The number of hydrogen-bond donors (Lipinski definition) is 0. The predicted molar refractivity (Wildman–Crippen MR) is 49.2 cm³/mol. The molecule has 0 aromatic carbocycles. The lowest BCUT2D eigenvalue weighted by Crippen LogP contribution is -2.10. The molecule has 0 spiro atoms. The fraction of sp³-hybridized carbons (Fsp3) is 0.667. The Morgan fingerprint density at radius 2 is 2.31 bits per heavy atom. The van der Waals surface area contributed by atoms with Crippen molar-refractivity contribution in [3.05, 3.63) is 11.9 Å².